The Morgan fingerprint density at radius 1 is 1.47 bits per heavy atom. The second-order valence-electron chi connectivity index (χ2n) is 3.18. The van der Waals surface area contributed by atoms with Gasteiger partial charge in [0.15, 0.2) is 5.11 Å². The van der Waals surface area contributed by atoms with Gasteiger partial charge in [-0.15, -0.1) is 0 Å². The van der Waals surface area contributed by atoms with Gasteiger partial charge in [0.05, 0.1) is 12.2 Å². The van der Waals surface area contributed by atoms with Crippen molar-refractivity contribution in [2.45, 2.75) is 0 Å². The van der Waals surface area contributed by atoms with E-state index >= 15 is 0 Å². The van der Waals surface area contributed by atoms with Crippen molar-refractivity contribution in [3.05, 3.63) is 35.6 Å². The second kappa shape index (κ2) is 6.93. The highest BCUT2D eigenvalue weighted by Gasteiger charge is 2.11. The molecule has 0 saturated carbocycles. The number of hydrogen-bond donors (Lipinski definition) is 2. The van der Waals surface area contributed by atoms with Crippen molar-refractivity contribution in [3.8, 4) is 0 Å². The third-order valence-electron chi connectivity index (χ3n) is 1.94. The number of amides is 1. The van der Waals surface area contributed by atoms with Crippen LogP contribution in [-0.2, 0) is 4.74 Å². The fourth-order valence-corrected chi connectivity index (χ4v) is 1.32. The zero-order valence-corrected chi connectivity index (χ0v) is 10.1. The van der Waals surface area contributed by atoms with Crippen molar-refractivity contribution in [1.29, 1.82) is 0 Å². The summed E-state index contributed by atoms with van der Waals surface area (Å²) in [5.74, 6) is -1.15. The summed E-state index contributed by atoms with van der Waals surface area (Å²) in [4.78, 5) is 11.6. The van der Waals surface area contributed by atoms with Crippen LogP contribution in [-0.4, -0.2) is 31.3 Å². The van der Waals surface area contributed by atoms with E-state index in [4.69, 9.17) is 17.0 Å². The molecule has 17 heavy (non-hydrogen) atoms. The molecule has 0 heterocycles. The molecule has 2 N–H and O–H groups in total. The maximum atomic E-state index is 13.3. The smallest absolute Gasteiger partial charge is 0.260 e. The molecule has 92 valence electrons. The lowest BCUT2D eigenvalue weighted by atomic mass is 10.2. The zero-order chi connectivity index (χ0) is 12.7. The van der Waals surface area contributed by atoms with E-state index < -0.39 is 11.7 Å². The summed E-state index contributed by atoms with van der Waals surface area (Å²) >= 11 is 4.87. The molecule has 4 nitrogen and oxygen atoms in total. The van der Waals surface area contributed by atoms with Crippen LogP contribution in [0.25, 0.3) is 0 Å². The molecule has 1 aromatic rings. The Bertz CT molecular complexity index is 412. The van der Waals surface area contributed by atoms with Gasteiger partial charge in [0, 0.05) is 13.7 Å². The van der Waals surface area contributed by atoms with Crippen molar-refractivity contribution in [1.82, 2.24) is 10.6 Å². The SMILES string of the molecule is COCCNC(=S)NC(=O)c1ccccc1F. The first kappa shape index (κ1) is 13.5. The molecule has 0 aliphatic carbocycles. The number of benzene rings is 1. The van der Waals surface area contributed by atoms with Crippen LogP contribution < -0.4 is 10.6 Å². The monoisotopic (exact) mass is 256 g/mol. The molecule has 0 unspecified atom stereocenters. The molecular weight excluding hydrogens is 243 g/mol. The van der Waals surface area contributed by atoms with Crippen LogP contribution in [0.4, 0.5) is 4.39 Å². The highest BCUT2D eigenvalue weighted by atomic mass is 32.1. The molecule has 1 rings (SSSR count). The third kappa shape index (κ3) is 4.46. The Hall–Kier alpha value is -1.53. The van der Waals surface area contributed by atoms with Crippen molar-refractivity contribution < 1.29 is 13.9 Å². The Morgan fingerprint density at radius 3 is 2.82 bits per heavy atom. The van der Waals surface area contributed by atoms with E-state index in [1.54, 1.807) is 13.2 Å². The molecule has 0 atom stereocenters. The second-order valence-corrected chi connectivity index (χ2v) is 3.59. The summed E-state index contributed by atoms with van der Waals surface area (Å²) in [6.07, 6.45) is 0. The van der Waals surface area contributed by atoms with Crippen LogP contribution in [0.2, 0.25) is 0 Å². The molecule has 0 bridgehead atoms. The third-order valence-corrected chi connectivity index (χ3v) is 2.18. The average Bonchev–Trinajstić information content (AvgIpc) is 2.29. The average molecular weight is 256 g/mol. The van der Waals surface area contributed by atoms with Crippen LogP contribution in [0.3, 0.4) is 0 Å². The van der Waals surface area contributed by atoms with Crippen molar-refractivity contribution in [2.24, 2.45) is 0 Å². The lowest BCUT2D eigenvalue weighted by Gasteiger charge is -2.09. The van der Waals surface area contributed by atoms with Gasteiger partial charge < -0.3 is 10.1 Å². The minimum atomic E-state index is -0.579. The van der Waals surface area contributed by atoms with Gasteiger partial charge in [-0.25, -0.2) is 4.39 Å². The molecular formula is C11H13FN2O2S. The number of ether oxygens (including phenoxy) is 1. The number of methoxy groups -OCH3 is 1. The molecule has 1 amide bonds. The van der Waals surface area contributed by atoms with Gasteiger partial charge in [-0.1, -0.05) is 12.1 Å². The van der Waals surface area contributed by atoms with Crippen LogP contribution in [0.15, 0.2) is 24.3 Å². The lowest BCUT2D eigenvalue weighted by Crippen LogP contribution is -2.40. The van der Waals surface area contributed by atoms with E-state index in [2.05, 4.69) is 10.6 Å². The van der Waals surface area contributed by atoms with Crippen molar-refractivity contribution in [3.63, 3.8) is 0 Å². The van der Waals surface area contributed by atoms with E-state index in [0.717, 1.165) is 0 Å². The van der Waals surface area contributed by atoms with E-state index in [9.17, 15) is 9.18 Å². The summed E-state index contributed by atoms with van der Waals surface area (Å²) in [5.41, 5.74) is -0.0385. The molecule has 0 radical (unpaired) electrons. The number of halogens is 1. The largest absolute Gasteiger partial charge is 0.383 e. The Balaban J connectivity index is 2.49. The number of thiocarbonyl (C=S) groups is 1. The standard InChI is InChI=1S/C11H13FN2O2S/c1-16-7-6-13-11(17)14-10(15)8-4-2-3-5-9(8)12/h2-5H,6-7H2,1H3,(H2,13,14,15,17). The minimum Gasteiger partial charge on any atom is -0.383 e. The summed E-state index contributed by atoms with van der Waals surface area (Å²) in [7, 11) is 1.56. The quantitative estimate of drug-likeness (QED) is 0.625. The molecule has 0 fully saturated rings. The van der Waals surface area contributed by atoms with Gasteiger partial charge in [0.2, 0.25) is 0 Å². The highest BCUT2D eigenvalue weighted by molar-refractivity contribution is 7.80. The maximum Gasteiger partial charge on any atom is 0.260 e. The molecule has 6 heteroatoms. The lowest BCUT2D eigenvalue weighted by molar-refractivity contribution is 0.0972. The predicted molar refractivity (Wildman–Crippen MR) is 66.3 cm³/mol. The van der Waals surface area contributed by atoms with Crippen LogP contribution in [0.5, 0.6) is 0 Å². The molecule has 0 aliphatic rings. The summed E-state index contributed by atoms with van der Waals surface area (Å²) in [6, 6.07) is 5.71. The maximum absolute atomic E-state index is 13.3. The van der Waals surface area contributed by atoms with E-state index in [-0.39, 0.29) is 10.7 Å². The van der Waals surface area contributed by atoms with Gasteiger partial charge in [0.1, 0.15) is 5.82 Å². The first-order valence-electron chi connectivity index (χ1n) is 4.98. The molecule has 0 saturated heterocycles. The Kier molecular flexibility index (Phi) is 5.51. The van der Waals surface area contributed by atoms with Crippen LogP contribution in [0, 0.1) is 5.82 Å². The Labute approximate surface area is 104 Å². The first-order chi connectivity index (χ1) is 8.15. The van der Waals surface area contributed by atoms with Crippen molar-refractivity contribution >= 4 is 23.2 Å². The summed E-state index contributed by atoms with van der Waals surface area (Å²) in [6.45, 7) is 0.947. The normalized spacial score (nSPS) is 9.76. The Morgan fingerprint density at radius 2 is 2.18 bits per heavy atom. The molecule has 0 spiro atoms. The van der Waals surface area contributed by atoms with E-state index in [1.165, 1.54) is 18.2 Å². The number of carbonyl (C=O) groups excluding carboxylic acids is 1. The number of hydrogen-bond acceptors (Lipinski definition) is 3. The molecule has 0 aromatic heterocycles. The summed E-state index contributed by atoms with van der Waals surface area (Å²) in [5, 5.41) is 5.29. The minimum absolute atomic E-state index is 0.0385. The van der Waals surface area contributed by atoms with Gasteiger partial charge in [-0.3, -0.25) is 10.1 Å². The molecule has 0 aliphatic heterocycles. The van der Waals surface area contributed by atoms with E-state index in [0.29, 0.717) is 13.2 Å². The zero-order valence-electron chi connectivity index (χ0n) is 9.33. The first-order valence-corrected chi connectivity index (χ1v) is 5.38. The van der Waals surface area contributed by atoms with Crippen LogP contribution in [0.1, 0.15) is 10.4 Å². The predicted octanol–water partition coefficient (Wildman–Crippen LogP) is 1.08. The number of nitrogens with one attached hydrogen (secondary N) is 2. The molecule has 1 aromatic carbocycles. The van der Waals surface area contributed by atoms with Crippen molar-refractivity contribution in [2.75, 3.05) is 20.3 Å². The van der Waals surface area contributed by atoms with Gasteiger partial charge >= 0.3 is 0 Å². The fraction of sp³-hybridized carbons (Fsp3) is 0.273. The number of carbonyl (C=O) groups is 1. The highest BCUT2D eigenvalue weighted by Crippen LogP contribution is 2.05. The van der Waals surface area contributed by atoms with E-state index in [1.807, 2.05) is 0 Å². The topological polar surface area (TPSA) is 50.4 Å². The fourth-order valence-electron chi connectivity index (χ4n) is 1.13. The van der Waals surface area contributed by atoms with Gasteiger partial charge in [-0.05, 0) is 24.4 Å². The van der Waals surface area contributed by atoms with Gasteiger partial charge in [-0.2, -0.15) is 0 Å². The van der Waals surface area contributed by atoms with Crippen LogP contribution >= 0.6 is 12.2 Å². The van der Waals surface area contributed by atoms with Gasteiger partial charge in [0.25, 0.3) is 5.91 Å². The summed E-state index contributed by atoms with van der Waals surface area (Å²) < 4.78 is 18.1. The number of rotatable bonds is 4.